The van der Waals surface area contributed by atoms with E-state index in [1.165, 1.54) is 0 Å². The van der Waals surface area contributed by atoms with Gasteiger partial charge in [-0.3, -0.25) is 4.79 Å². The number of hydrogen-bond donors (Lipinski definition) is 2. The molecule has 1 aromatic carbocycles. The Labute approximate surface area is 143 Å². The number of nitrogens with one attached hydrogen (secondary N) is 1. The first-order valence-corrected chi connectivity index (χ1v) is 7.64. The van der Waals surface area contributed by atoms with Crippen molar-refractivity contribution in [3.05, 3.63) is 24.1 Å². The molecule has 5 nitrogen and oxygen atoms in total. The van der Waals surface area contributed by atoms with Crippen molar-refractivity contribution >= 4 is 35.1 Å². The van der Waals surface area contributed by atoms with Gasteiger partial charge in [0.25, 0.3) is 0 Å². The van der Waals surface area contributed by atoms with Crippen LogP contribution in [0.1, 0.15) is 46.9 Å². The molecule has 1 amide bonds. The lowest BCUT2D eigenvalue weighted by molar-refractivity contribution is -0.117. The summed E-state index contributed by atoms with van der Waals surface area (Å²) in [7, 11) is 0. The van der Waals surface area contributed by atoms with Gasteiger partial charge in [-0.05, 0) is 30.5 Å². The first-order chi connectivity index (χ1) is 10.2. The fourth-order valence-corrected chi connectivity index (χ4v) is 2.18. The molecule has 0 spiro atoms. The van der Waals surface area contributed by atoms with Gasteiger partial charge in [-0.2, -0.15) is 0 Å². The van der Waals surface area contributed by atoms with Gasteiger partial charge in [-0.25, -0.2) is 4.98 Å². The molecule has 1 aromatic heterocycles. The number of nitrogens with two attached hydrogens (primary N) is 1. The third kappa shape index (κ3) is 4.94. The molecule has 0 aliphatic rings. The number of benzene rings is 1. The first-order valence-electron chi connectivity index (χ1n) is 7.64. The second-order valence-corrected chi connectivity index (χ2v) is 7.18. The lowest BCUT2D eigenvalue weighted by atomic mass is 9.97. The van der Waals surface area contributed by atoms with E-state index in [0.717, 1.165) is 11.1 Å². The zero-order chi connectivity index (χ0) is 16.5. The molecule has 0 unspecified atom stereocenters. The van der Waals surface area contributed by atoms with Crippen LogP contribution in [0, 0.1) is 5.92 Å². The summed E-state index contributed by atoms with van der Waals surface area (Å²) in [6, 6.07) is 4.94. The smallest absolute Gasteiger partial charge is 0.241 e. The number of amides is 1. The van der Waals surface area contributed by atoms with Crippen molar-refractivity contribution in [1.82, 2.24) is 4.98 Å². The van der Waals surface area contributed by atoms with Gasteiger partial charge in [-0.15, -0.1) is 12.4 Å². The number of aromatic nitrogens is 1. The number of nitrogens with zero attached hydrogens (tertiary/aromatic N) is 1. The predicted molar refractivity (Wildman–Crippen MR) is 96.0 cm³/mol. The Morgan fingerprint density at radius 3 is 2.57 bits per heavy atom. The summed E-state index contributed by atoms with van der Waals surface area (Å²) in [5.41, 5.74) is 7.88. The Morgan fingerprint density at radius 2 is 2.00 bits per heavy atom. The zero-order valence-corrected chi connectivity index (χ0v) is 15.2. The van der Waals surface area contributed by atoms with Gasteiger partial charge in [0.15, 0.2) is 5.58 Å². The van der Waals surface area contributed by atoms with Crippen molar-refractivity contribution in [3.63, 3.8) is 0 Å². The molecule has 0 aliphatic heterocycles. The van der Waals surface area contributed by atoms with E-state index in [1.54, 1.807) is 6.07 Å². The van der Waals surface area contributed by atoms with Crippen LogP contribution >= 0.6 is 12.4 Å². The van der Waals surface area contributed by atoms with Crippen LogP contribution in [-0.2, 0) is 10.2 Å². The second-order valence-electron chi connectivity index (χ2n) is 7.18. The molecule has 3 N–H and O–H groups in total. The Hall–Kier alpha value is -1.59. The molecule has 1 atom stereocenters. The fourth-order valence-electron chi connectivity index (χ4n) is 2.18. The van der Waals surface area contributed by atoms with Crippen LogP contribution in [0.3, 0.4) is 0 Å². The van der Waals surface area contributed by atoms with Gasteiger partial charge in [0.05, 0.1) is 6.04 Å². The highest BCUT2D eigenvalue weighted by molar-refractivity contribution is 5.96. The topological polar surface area (TPSA) is 81.2 Å². The van der Waals surface area contributed by atoms with Gasteiger partial charge >= 0.3 is 0 Å². The first kappa shape index (κ1) is 19.5. The summed E-state index contributed by atoms with van der Waals surface area (Å²) in [5.74, 6) is 0.892. The molecule has 1 heterocycles. The number of halogens is 1. The average Bonchev–Trinajstić information content (AvgIpc) is 2.80. The summed E-state index contributed by atoms with van der Waals surface area (Å²) in [5, 5.41) is 2.84. The van der Waals surface area contributed by atoms with Crippen LogP contribution in [0.25, 0.3) is 11.1 Å². The third-order valence-corrected chi connectivity index (χ3v) is 3.36. The van der Waals surface area contributed by atoms with Crippen LogP contribution < -0.4 is 11.1 Å². The molecule has 0 saturated heterocycles. The molecule has 0 fully saturated rings. The number of hydrogen-bond acceptors (Lipinski definition) is 4. The van der Waals surface area contributed by atoms with Gasteiger partial charge in [-0.1, -0.05) is 34.6 Å². The van der Waals surface area contributed by atoms with Crippen molar-refractivity contribution < 1.29 is 9.21 Å². The average molecular weight is 340 g/mol. The Balaban J connectivity index is 0.00000264. The van der Waals surface area contributed by atoms with Crippen LogP contribution in [-0.4, -0.2) is 16.9 Å². The number of anilines is 1. The quantitative estimate of drug-likeness (QED) is 0.886. The van der Waals surface area contributed by atoms with Crippen LogP contribution in [0.15, 0.2) is 22.6 Å². The van der Waals surface area contributed by atoms with Gasteiger partial charge in [0.1, 0.15) is 5.52 Å². The van der Waals surface area contributed by atoms with Gasteiger partial charge in [0, 0.05) is 11.1 Å². The SMILES string of the molecule is CC(C)C[C@H](N)C(=O)Nc1ccc2oc(C(C)(C)C)nc2c1.Cl. The molecule has 0 saturated carbocycles. The van der Waals surface area contributed by atoms with Crippen LogP contribution in [0.2, 0.25) is 0 Å². The molecule has 128 valence electrons. The third-order valence-electron chi connectivity index (χ3n) is 3.36. The summed E-state index contributed by atoms with van der Waals surface area (Å²) < 4.78 is 5.74. The Morgan fingerprint density at radius 1 is 1.35 bits per heavy atom. The maximum atomic E-state index is 12.1. The Kier molecular flexibility index (Phi) is 6.19. The molecule has 6 heteroatoms. The largest absolute Gasteiger partial charge is 0.440 e. The minimum Gasteiger partial charge on any atom is -0.440 e. The van der Waals surface area contributed by atoms with E-state index in [-0.39, 0.29) is 23.7 Å². The van der Waals surface area contributed by atoms with E-state index in [4.69, 9.17) is 10.2 Å². The molecule has 23 heavy (non-hydrogen) atoms. The van der Waals surface area contributed by atoms with Crippen molar-refractivity contribution in [2.24, 2.45) is 11.7 Å². The summed E-state index contributed by atoms with van der Waals surface area (Å²) in [4.78, 5) is 16.6. The van der Waals surface area contributed by atoms with E-state index in [2.05, 4.69) is 10.3 Å². The predicted octanol–water partition coefficient (Wildman–Crippen LogP) is 3.86. The molecule has 0 bridgehead atoms. The highest BCUT2D eigenvalue weighted by atomic mass is 35.5. The van der Waals surface area contributed by atoms with E-state index in [9.17, 15) is 4.79 Å². The monoisotopic (exact) mass is 339 g/mol. The molecule has 2 aromatic rings. The molecule has 2 rings (SSSR count). The molecule has 0 aliphatic carbocycles. The van der Waals surface area contributed by atoms with Crippen LogP contribution in [0.5, 0.6) is 0 Å². The lowest BCUT2D eigenvalue weighted by Gasteiger charge is -2.14. The van der Waals surface area contributed by atoms with E-state index in [1.807, 2.05) is 46.8 Å². The van der Waals surface area contributed by atoms with Crippen molar-refractivity contribution in [3.8, 4) is 0 Å². The maximum absolute atomic E-state index is 12.1. The van der Waals surface area contributed by atoms with E-state index >= 15 is 0 Å². The van der Waals surface area contributed by atoms with Crippen molar-refractivity contribution in [2.45, 2.75) is 52.5 Å². The maximum Gasteiger partial charge on any atom is 0.241 e. The van der Waals surface area contributed by atoms with E-state index in [0.29, 0.717) is 23.9 Å². The minimum atomic E-state index is -0.502. The molecular weight excluding hydrogens is 314 g/mol. The van der Waals surface area contributed by atoms with Gasteiger partial charge < -0.3 is 15.5 Å². The summed E-state index contributed by atoms with van der Waals surface area (Å²) >= 11 is 0. The second kappa shape index (κ2) is 7.32. The fraction of sp³-hybridized carbons (Fsp3) is 0.529. The van der Waals surface area contributed by atoms with Crippen molar-refractivity contribution in [1.29, 1.82) is 0 Å². The number of carbonyl (C=O) groups excluding carboxylic acids is 1. The number of rotatable bonds is 4. The highest BCUT2D eigenvalue weighted by Crippen LogP contribution is 2.27. The zero-order valence-electron chi connectivity index (χ0n) is 14.3. The van der Waals surface area contributed by atoms with Crippen molar-refractivity contribution in [2.75, 3.05) is 5.32 Å². The molecule has 0 radical (unpaired) electrons. The Bertz CT molecular complexity index is 674. The summed E-state index contributed by atoms with van der Waals surface area (Å²) in [6.07, 6.45) is 0.659. The molecular formula is C17H26ClN3O2. The van der Waals surface area contributed by atoms with E-state index < -0.39 is 6.04 Å². The standard InChI is InChI=1S/C17H25N3O2.ClH/c1-10(2)8-12(18)15(21)19-11-6-7-14-13(9-11)20-16(22-14)17(3,4)5;/h6-7,9-10,12H,8,18H2,1-5H3,(H,19,21);1H/t12-;/m0./s1. The lowest BCUT2D eigenvalue weighted by Crippen LogP contribution is -2.36. The summed E-state index contributed by atoms with van der Waals surface area (Å²) in [6.45, 7) is 10.2. The number of fused-ring (bicyclic) bond motifs is 1. The minimum absolute atomic E-state index is 0. The normalized spacial score (nSPS) is 13.0. The van der Waals surface area contributed by atoms with Gasteiger partial charge in [0.2, 0.25) is 11.8 Å². The number of oxazole rings is 1. The van der Waals surface area contributed by atoms with Crippen LogP contribution in [0.4, 0.5) is 5.69 Å². The highest BCUT2D eigenvalue weighted by Gasteiger charge is 2.21. The number of carbonyl (C=O) groups is 1.